The van der Waals surface area contributed by atoms with Crippen LogP contribution in [0.4, 0.5) is 11.9 Å². The molecule has 3 rings (SSSR count). The quantitative estimate of drug-likeness (QED) is 0.801. The highest BCUT2D eigenvalue weighted by atomic mass is 16.5. The summed E-state index contributed by atoms with van der Waals surface area (Å²) in [4.78, 5) is 29.2. The molecule has 1 aliphatic heterocycles. The zero-order chi connectivity index (χ0) is 16.2. The number of morpholine rings is 1. The average Bonchev–Trinajstić information content (AvgIpc) is 3.37. The highest BCUT2D eigenvalue weighted by molar-refractivity contribution is 5.76. The molecule has 8 nitrogen and oxygen atoms in total. The summed E-state index contributed by atoms with van der Waals surface area (Å²) in [6.45, 7) is 3.23. The van der Waals surface area contributed by atoms with Gasteiger partial charge in [0.25, 0.3) is 0 Å². The summed E-state index contributed by atoms with van der Waals surface area (Å²) < 4.78 is 5.37. The third-order valence-electron chi connectivity index (χ3n) is 3.97. The van der Waals surface area contributed by atoms with Crippen molar-refractivity contribution in [1.82, 2.24) is 20.3 Å². The van der Waals surface area contributed by atoms with E-state index in [-0.39, 0.29) is 5.91 Å². The van der Waals surface area contributed by atoms with E-state index in [0.29, 0.717) is 49.8 Å². The minimum Gasteiger partial charge on any atom is -0.378 e. The first kappa shape index (κ1) is 15.9. The Labute approximate surface area is 136 Å². The monoisotopic (exact) mass is 320 g/mol. The minimum absolute atomic E-state index is 0.0761. The summed E-state index contributed by atoms with van der Waals surface area (Å²) >= 11 is 0. The number of carbonyl (C=O) groups excluding carboxylic acids is 1. The number of ether oxygens (including phenoxy) is 1. The second kappa shape index (κ2) is 7.08. The number of nitrogens with zero attached hydrogens (tertiary/aromatic N) is 5. The molecular weight excluding hydrogens is 296 g/mol. The van der Waals surface area contributed by atoms with Crippen LogP contribution in [0.25, 0.3) is 0 Å². The molecule has 2 heterocycles. The van der Waals surface area contributed by atoms with E-state index in [1.165, 1.54) is 12.8 Å². The van der Waals surface area contributed by atoms with Crippen molar-refractivity contribution >= 4 is 17.8 Å². The van der Waals surface area contributed by atoms with Crippen molar-refractivity contribution in [1.29, 1.82) is 0 Å². The van der Waals surface area contributed by atoms with Crippen molar-refractivity contribution in [2.45, 2.75) is 25.8 Å². The summed E-state index contributed by atoms with van der Waals surface area (Å²) in [5.41, 5.74) is 0. The number of amides is 1. The maximum absolute atomic E-state index is 11.9. The molecule has 0 aromatic carbocycles. The number of rotatable bonds is 6. The molecule has 1 aromatic rings. The Morgan fingerprint density at radius 1 is 1.26 bits per heavy atom. The van der Waals surface area contributed by atoms with Crippen LogP contribution in [-0.2, 0) is 16.1 Å². The summed E-state index contributed by atoms with van der Waals surface area (Å²) in [5.74, 6) is 2.50. The first-order valence-electron chi connectivity index (χ1n) is 8.13. The molecule has 1 saturated heterocycles. The van der Waals surface area contributed by atoms with Gasteiger partial charge in [-0.1, -0.05) is 0 Å². The highest BCUT2D eigenvalue weighted by Crippen LogP contribution is 2.32. The fourth-order valence-electron chi connectivity index (χ4n) is 2.41. The molecule has 8 heteroatoms. The predicted octanol–water partition coefficient (Wildman–Crippen LogP) is 0.191. The fraction of sp³-hybridized carbons (Fsp3) is 0.733. The van der Waals surface area contributed by atoms with Crippen molar-refractivity contribution < 1.29 is 9.53 Å². The summed E-state index contributed by atoms with van der Waals surface area (Å²) in [6, 6.07) is 0. The highest BCUT2D eigenvalue weighted by Gasteiger charge is 2.24. The van der Waals surface area contributed by atoms with Gasteiger partial charge in [0.2, 0.25) is 17.8 Å². The van der Waals surface area contributed by atoms with Crippen LogP contribution < -0.4 is 15.1 Å². The van der Waals surface area contributed by atoms with E-state index >= 15 is 0 Å². The Kier molecular flexibility index (Phi) is 4.90. The molecule has 0 bridgehead atoms. The molecule has 1 N–H and O–H groups in total. The van der Waals surface area contributed by atoms with Crippen molar-refractivity contribution in [2.24, 2.45) is 5.92 Å². The van der Waals surface area contributed by atoms with E-state index in [1.807, 2.05) is 19.0 Å². The van der Waals surface area contributed by atoms with Gasteiger partial charge in [0.05, 0.1) is 19.8 Å². The third-order valence-corrected chi connectivity index (χ3v) is 3.97. The van der Waals surface area contributed by atoms with Gasteiger partial charge in [0.1, 0.15) is 0 Å². The summed E-state index contributed by atoms with van der Waals surface area (Å²) in [5, 5.41) is 2.91. The van der Waals surface area contributed by atoms with Gasteiger partial charge in [0.15, 0.2) is 5.82 Å². The van der Waals surface area contributed by atoms with Crippen LogP contribution in [0.15, 0.2) is 0 Å². The standard InChI is InChI=1S/C15H24N6O2/c1-20(2)14-17-12(10-16-13(22)9-11-3-4-11)18-15(19-14)21-5-7-23-8-6-21/h11H,3-10H2,1-2H3,(H,16,22). The van der Waals surface area contributed by atoms with E-state index in [0.717, 1.165) is 13.1 Å². The lowest BCUT2D eigenvalue weighted by atomic mass is 10.3. The normalized spacial score (nSPS) is 17.9. The zero-order valence-electron chi connectivity index (χ0n) is 13.8. The second-order valence-corrected chi connectivity index (χ2v) is 6.27. The molecule has 2 fully saturated rings. The van der Waals surface area contributed by atoms with Crippen LogP contribution in [0.2, 0.25) is 0 Å². The maximum Gasteiger partial charge on any atom is 0.230 e. The zero-order valence-corrected chi connectivity index (χ0v) is 13.8. The fourth-order valence-corrected chi connectivity index (χ4v) is 2.41. The van der Waals surface area contributed by atoms with Gasteiger partial charge in [-0.2, -0.15) is 15.0 Å². The molecule has 2 aliphatic rings. The summed E-state index contributed by atoms with van der Waals surface area (Å²) in [7, 11) is 3.79. The molecular formula is C15H24N6O2. The Morgan fingerprint density at radius 2 is 2.00 bits per heavy atom. The molecule has 1 aromatic heterocycles. The first-order valence-corrected chi connectivity index (χ1v) is 8.13. The Hall–Kier alpha value is -1.96. The van der Waals surface area contributed by atoms with Gasteiger partial charge < -0.3 is 19.9 Å². The second-order valence-electron chi connectivity index (χ2n) is 6.27. The lowest BCUT2D eigenvalue weighted by Gasteiger charge is -2.27. The molecule has 1 saturated carbocycles. The number of nitrogens with one attached hydrogen (secondary N) is 1. The van der Waals surface area contributed by atoms with Crippen molar-refractivity contribution in [2.75, 3.05) is 50.2 Å². The smallest absolute Gasteiger partial charge is 0.230 e. The van der Waals surface area contributed by atoms with E-state index < -0.39 is 0 Å². The molecule has 126 valence electrons. The first-order chi connectivity index (χ1) is 11.1. The number of anilines is 2. The molecule has 0 radical (unpaired) electrons. The van der Waals surface area contributed by atoms with Crippen LogP contribution in [0.1, 0.15) is 25.1 Å². The number of aromatic nitrogens is 3. The van der Waals surface area contributed by atoms with E-state index in [4.69, 9.17) is 4.74 Å². The molecule has 0 unspecified atom stereocenters. The van der Waals surface area contributed by atoms with Crippen LogP contribution in [0.3, 0.4) is 0 Å². The third kappa shape index (κ3) is 4.51. The Morgan fingerprint density at radius 3 is 2.65 bits per heavy atom. The van der Waals surface area contributed by atoms with Gasteiger partial charge in [-0.3, -0.25) is 4.79 Å². The Bertz CT molecular complexity index is 555. The number of hydrogen-bond acceptors (Lipinski definition) is 7. The van der Waals surface area contributed by atoms with Crippen molar-refractivity contribution in [3.8, 4) is 0 Å². The SMILES string of the molecule is CN(C)c1nc(CNC(=O)CC2CC2)nc(N2CCOCC2)n1. The lowest BCUT2D eigenvalue weighted by Crippen LogP contribution is -2.38. The molecule has 0 atom stereocenters. The number of hydrogen-bond donors (Lipinski definition) is 1. The van der Waals surface area contributed by atoms with Crippen molar-refractivity contribution in [3.63, 3.8) is 0 Å². The van der Waals surface area contributed by atoms with Crippen LogP contribution in [0, 0.1) is 5.92 Å². The Balaban J connectivity index is 1.69. The van der Waals surface area contributed by atoms with E-state index in [9.17, 15) is 4.79 Å². The average molecular weight is 320 g/mol. The van der Waals surface area contributed by atoms with E-state index in [1.54, 1.807) is 0 Å². The van der Waals surface area contributed by atoms with Gasteiger partial charge in [-0.15, -0.1) is 0 Å². The van der Waals surface area contributed by atoms with Gasteiger partial charge >= 0.3 is 0 Å². The van der Waals surface area contributed by atoms with Crippen LogP contribution in [0.5, 0.6) is 0 Å². The minimum atomic E-state index is 0.0761. The topological polar surface area (TPSA) is 83.5 Å². The van der Waals surface area contributed by atoms with Gasteiger partial charge in [0, 0.05) is 33.6 Å². The van der Waals surface area contributed by atoms with Crippen LogP contribution >= 0.6 is 0 Å². The maximum atomic E-state index is 11.9. The number of carbonyl (C=O) groups is 1. The van der Waals surface area contributed by atoms with Crippen molar-refractivity contribution in [3.05, 3.63) is 5.82 Å². The van der Waals surface area contributed by atoms with E-state index in [2.05, 4.69) is 25.2 Å². The molecule has 1 aliphatic carbocycles. The predicted molar refractivity (Wildman–Crippen MR) is 86.4 cm³/mol. The van der Waals surface area contributed by atoms with Crippen LogP contribution in [-0.4, -0.2) is 61.3 Å². The molecule has 23 heavy (non-hydrogen) atoms. The summed E-state index contributed by atoms with van der Waals surface area (Å²) in [6.07, 6.45) is 2.96. The van der Waals surface area contributed by atoms with Gasteiger partial charge in [-0.25, -0.2) is 0 Å². The lowest BCUT2D eigenvalue weighted by molar-refractivity contribution is -0.121. The largest absolute Gasteiger partial charge is 0.378 e. The molecule has 0 spiro atoms. The molecule has 1 amide bonds. The van der Waals surface area contributed by atoms with Gasteiger partial charge in [-0.05, 0) is 18.8 Å².